The van der Waals surface area contributed by atoms with Gasteiger partial charge in [0.2, 0.25) is 0 Å². The molecule has 1 aliphatic rings. The van der Waals surface area contributed by atoms with Crippen LogP contribution in [0, 0.1) is 17.0 Å². The van der Waals surface area contributed by atoms with Crippen molar-refractivity contribution >= 4 is 11.4 Å². The predicted octanol–water partition coefficient (Wildman–Crippen LogP) is 5.12. The molecule has 150 valence electrons. The molecular formula is C19H20F3N3O3. The highest BCUT2D eigenvalue weighted by Crippen LogP contribution is 2.38. The van der Waals surface area contributed by atoms with E-state index in [0.717, 1.165) is 49.3 Å². The van der Waals surface area contributed by atoms with Gasteiger partial charge in [0.05, 0.1) is 11.0 Å². The Morgan fingerprint density at radius 3 is 2.50 bits per heavy atom. The Morgan fingerprint density at radius 2 is 1.89 bits per heavy atom. The van der Waals surface area contributed by atoms with Gasteiger partial charge in [-0.1, -0.05) is 0 Å². The molecule has 0 saturated heterocycles. The molecule has 1 aromatic heterocycles. The Labute approximate surface area is 159 Å². The van der Waals surface area contributed by atoms with Crippen molar-refractivity contribution in [3.63, 3.8) is 0 Å². The Balaban J connectivity index is 1.61. The zero-order chi connectivity index (χ0) is 20.3. The fraction of sp³-hybridized carbons (Fsp3) is 0.421. The summed E-state index contributed by atoms with van der Waals surface area (Å²) in [6.07, 6.45) is -0.0718. The number of nitro groups is 1. The van der Waals surface area contributed by atoms with Crippen molar-refractivity contribution in [2.24, 2.45) is 0 Å². The summed E-state index contributed by atoms with van der Waals surface area (Å²) >= 11 is 0. The third kappa shape index (κ3) is 4.90. The minimum atomic E-state index is -4.78. The summed E-state index contributed by atoms with van der Waals surface area (Å²) in [5, 5.41) is 13.9. The first-order chi connectivity index (χ1) is 13.2. The molecule has 0 spiro atoms. The third-order valence-electron chi connectivity index (χ3n) is 4.71. The van der Waals surface area contributed by atoms with Gasteiger partial charge in [-0.3, -0.25) is 15.1 Å². The number of benzene rings is 1. The molecule has 0 amide bonds. The number of aromatic nitrogens is 1. The molecule has 6 nitrogen and oxygen atoms in total. The van der Waals surface area contributed by atoms with Gasteiger partial charge in [-0.05, 0) is 50.8 Å². The highest BCUT2D eigenvalue weighted by molar-refractivity contribution is 5.55. The van der Waals surface area contributed by atoms with E-state index in [-0.39, 0.29) is 17.8 Å². The number of nitrogens with zero attached hydrogens (tertiary/aromatic N) is 2. The summed E-state index contributed by atoms with van der Waals surface area (Å²) in [5.74, 6) is 0.758. The van der Waals surface area contributed by atoms with Gasteiger partial charge in [-0.25, -0.2) is 0 Å². The van der Waals surface area contributed by atoms with Crippen LogP contribution in [0.2, 0.25) is 0 Å². The Bertz CT molecular complexity index is 850. The lowest BCUT2D eigenvalue weighted by Crippen LogP contribution is -2.31. The van der Waals surface area contributed by atoms with Gasteiger partial charge in [0.1, 0.15) is 11.3 Å². The molecule has 1 fully saturated rings. The van der Waals surface area contributed by atoms with E-state index in [1.165, 1.54) is 6.07 Å². The number of aryl methyl sites for hydroxylation is 1. The van der Waals surface area contributed by atoms with E-state index >= 15 is 0 Å². The quantitative estimate of drug-likeness (QED) is 0.562. The first-order valence-electron chi connectivity index (χ1n) is 8.94. The molecule has 0 bridgehead atoms. The number of nitrogens with one attached hydrogen (secondary N) is 1. The van der Waals surface area contributed by atoms with Crippen LogP contribution in [0.5, 0.6) is 5.75 Å². The fourth-order valence-corrected chi connectivity index (χ4v) is 3.36. The minimum absolute atomic E-state index is 0.0124. The average Bonchev–Trinajstić information content (AvgIpc) is 2.62. The normalized spacial score (nSPS) is 19.9. The molecule has 0 aliphatic heterocycles. The second-order valence-corrected chi connectivity index (χ2v) is 6.86. The summed E-state index contributed by atoms with van der Waals surface area (Å²) in [6, 6.07) is 6.66. The molecule has 1 heterocycles. The highest BCUT2D eigenvalue weighted by atomic mass is 19.4. The van der Waals surface area contributed by atoms with Crippen LogP contribution in [0.25, 0.3) is 0 Å². The van der Waals surface area contributed by atoms with Crippen molar-refractivity contribution in [2.45, 2.75) is 50.9 Å². The zero-order valence-electron chi connectivity index (χ0n) is 15.2. The van der Waals surface area contributed by atoms with E-state index in [1.54, 1.807) is 12.3 Å². The lowest BCUT2D eigenvalue weighted by Gasteiger charge is -2.30. The second-order valence-electron chi connectivity index (χ2n) is 6.86. The van der Waals surface area contributed by atoms with Crippen LogP contribution in [0.15, 0.2) is 36.5 Å². The van der Waals surface area contributed by atoms with Crippen LogP contribution in [-0.4, -0.2) is 22.1 Å². The van der Waals surface area contributed by atoms with Gasteiger partial charge < -0.3 is 10.1 Å². The van der Waals surface area contributed by atoms with Crippen LogP contribution >= 0.6 is 0 Å². The van der Waals surface area contributed by atoms with E-state index in [1.807, 2.05) is 13.0 Å². The van der Waals surface area contributed by atoms with Gasteiger partial charge in [0.15, 0.2) is 0 Å². The maximum absolute atomic E-state index is 13.1. The SMILES string of the molecule is Cc1cc(OC2CCC(Nc3ccc([N+](=O)[O-])c(C(F)(F)F)c3)CC2)ccn1. The summed E-state index contributed by atoms with van der Waals surface area (Å²) in [7, 11) is 0. The smallest absolute Gasteiger partial charge is 0.423 e. The topological polar surface area (TPSA) is 77.3 Å². The van der Waals surface area contributed by atoms with Gasteiger partial charge >= 0.3 is 6.18 Å². The van der Waals surface area contributed by atoms with Crippen LogP contribution in [0.3, 0.4) is 0 Å². The molecule has 1 aromatic carbocycles. The molecule has 9 heteroatoms. The monoisotopic (exact) mass is 395 g/mol. The fourth-order valence-electron chi connectivity index (χ4n) is 3.36. The maximum atomic E-state index is 13.1. The molecule has 0 radical (unpaired) electrons. The highest BCUT2D eigenvalue weighted by Gasteiger charge is 2.38. The van der Waals surface area contributed by atoms with E-state index in [0.29, 0.717) is 0 Å². The number of ether oxygens (including phenoxy) is 1. The number of rotatable bonds is 5. The maximum Gasteiger partial charge on any atom is 0.423 e. The van der Waals surface area contributed by atoms with Crippen molar-refractivity contribution < 1.29 is 22.8 Å². The number of hydrogen-bond acceptors (Lipinski definition) is 5. The van der Waals surface area contributed by atoms with Crippen molar-refractivity contribution in [3.8, 4) is 5.75 Å². The molecule has 28 heavy (non-hydrogen) atoms. The number of alkyl halides is 3. The third-order valence-corrected chi connectivity index (χ3v) is 4.71. The number of pyridine rings is 1. The lowest BCUT2D eigenvalue weighted by molar-refractivity contribution is -0.388. The number of anilines is 1. The molecular weight excluding hydrogens is 375 g/mol. The van der Waals surface area contributed by atoms with Crippen molar-refractivity contribution in [3.05, 3.63) is 57.9 Å². The number of hydrogen-bond donors (Lipinski definition) is 1. The summed E-state index contributed by atoms with van der Waals surface area (Å²) in [5.41, 5.74) is -1.09. The van der Waals surface area contributed by atoms with Crippen molar-refractivity contribution in [1.82, 2.24) is 4.98 Å². The van der Waals surface area contributed by atoms with Crippen molar-refractivity contribution in [2.75, 3.05) is 5.32 Å². The largest absolute Gasteiger partial charge is 0.490 e. The number of halogens is 3. The predicted molar refractivity (Wildman–Crippen MR) is 97.4 cm³/mol. The first-order valence-corrected chi connectivity index (χ1v) is 8.94. The molecule has 0 atom stereocenters. The van der Waals surface area contributed by atoms with Gasteiger partial charge in [-0.2, -0.15) is 13.2 Å². The zero-order valence-corrected chi connectivity index (χ0v) is 15.2. The van der Waals surface area contributed by atoms with E-state index in [9.17, 15) is 23.3 Å². The molecule has 1 saturated carbocycles. The van der Waals surface area contributed by atoms with E-state index < -0.39 is 22.4 Å². The Morgan fingerprint density at radius 1 is 1.18 bits per heavy atom. The van der Waals surface area contributed by atoms with Gasteiger partial charge in [-0.15, -0.1) is 0 Å². The standard InChI is InChI=1S/C19H20F3N3O3/c1-12-10-16(8-9-23-12)28-15-5-2-13(3-6-15)24-14-4-7-18(25(26)27)17(11-14)19(20,21)22/h4,7-11,13,15,24H,2-3,5-6H2,1H3. The van der Waals surface area contributed by atoms with Gasteiger partial charge in [0.25, 0.3) is 5.69 Å². The molecule has 1 N–H and O–H groups in total. The van der Waals surface area contributed by atoms with Crippen LogP contribution in [-0.2, 0) is 6.18 Å². The Hall–Kier alpha value is -2.84. The first kappa shape index (κ1) is 19.9. The Kier molecular flexibility index (Phi) is 5.71. The summed E-state index contributed by atoms with van der Waals surface area (Å²) in [4.78, 5) is 13.9. The second kappa shape index (κ2) is 8.04. The summed E-state index contributed by atoms with van der Waals surface area (Å²) in [6.45, 7) is 1.88. The molecule has 3 rings (SSSR count). The van der Waals surface area contributed by atoms with Crippen molar-refractivity contribution in [1.29, 1.82) is 0 Å². The van der Waals surface area contributed by atoms with Gasteiger partial charge in [0, 0.05) is 35.8 Å². The molecule has 1 aliphatic carbocycles. The van der Waals surface area contributed by atoms with E-state index in [2.05, 4.69) is 10.3 Å². The van der Waals surface area contributed by atoms with Crippen LogP contribution < -0.4 is 10.1 Å². The molecule has 0 unspecified atom stereocenters. The van der Waals surface area contributed by atoms with E-state index in [4.69, 9.17) is 4.74 Å². The lowest BCUT2D eigenvalue weighted by atomic mass is 9.92. The number of nitro benzene ring substituents is 1. The minimum Gasteiger partial charge on any atom is -0.490 e. The summed E-state index contributed by atoms with van der Waals surface area (Å²) < 4.78 is 45.3. The van der Waals surface area contributed by atoms with Crippen LogP contribution in [0.4, 0.5) is 24.5 Å². The average molecular weight is 395 g/mol. The van der Waals surface area contributed by atoms with Crippen LogP contribution in [0.1, 0.15) is 36.9 Å². The molecule has 2 aromatic rings.